The van der Waals surface area contributed by atoms with Crippen molar-refractivity contribution in [3.8, 4) is 6.07 Å². The molecule has 54 valence electrons. The predicted molar refractivity (Wildman–Crippen MR) is 40.3 cm³/mol. The molecule has 0 rings (SSSR count). The maximum Gasteiger partial charge on any atom is 0.320 e. The zero-order chi connectivity index (χ0) is 7.82. The van der Waals surface area contributed by atoms with E-state index in [0.29, 0.717) is 6.61 Å². The summed E-state index contributed by atoms with van der Waals surface area (Å²) < 4.78 is 4.60. The minimum absolute atomic E-state index is 0.158. The molecule has 0 heterocycles. The molecule has 0 saturated heterocycles. The molecule has 0 amide bonds. The standard InChI is InChI=1S/C6H9NO2Si/c7-3-2-6(8)9-4-1-5-10/h1,5H,2,4H2,10H3. The first-order valence-electron chi connectivity index (χ1n) is 2.95. The lowest BCUT2D eigenvalue weighted by atomic mass is 10.5. The molecule has 3 nitrogen and oxygen atoms in total. The van der Waals surface area contributed by atoms with Crippen molar-refractivity contribution in [2.45, 2.75) is 6.42 Å². The van der Waals surface area contributed by atoms with E-state index >= 15 is 0 Å². The Kier molecular flexibility index (Phi) is 5.39. The average molecular weight is 155 g/mol. The summed E-state index contributed by atoms with van der Waals surface area (Å²) in [5, 5.41) is 8.03. The van der Waals surface area contributed by atoms with Gasteiger partial charge in [-0.3, -0.25) is 4.79 Å². The third-order valence-corrected chi connectivity index (χ3v) is 1.27. The van der Waals surface area contributed by atoms with Crippen molar-refractivity contribution in [3.63, 3.8) is 0 Å². The molecule has 0 spiro atoms. The smallest absolute Gasteiger partial charge is 0.320 e. The Morgan fingerprint density at radius 3 is 3.00 bits per heavy atom. The van der Waals surface area contributed by atoms with Crippen LogP contribution in [0.4, 0.5) is 0 Å². The highest BCUT2D eigenvalue weighted by molar-refractivity contribution is 6.16. The van der Waals surface area contributed by atoms with Crippen LogP contribution in [0.2, 0.25) is 0 Å². The minimum Gasteiger partial charge on any atom is -0.461 e. The first-order chi connectivity index (χ1) is 4.81. The van der Waals surface area contributed by atoms with Crippen LogP contribution in [0.15, 0.2) is 11.8 Å². The SMILES string of the molecule is N#CCC(=O)OCC=C[SiH3]. The third kappa shape index (κ3) is 5.06. The number of carbonyl (C=O) groups is 1. The summed E-state index contributed by atoms with van der Waals surface area (Å²) in [6.45, 7) is 0.296. The third-order valence-electron chi connectivity index (χ3n) is 0.800. The average Bonchev–Trinajstić information content (AvgIpc) is 1.89. The van der Waals surface area contributed by atoms with Crippen LogP contribution in [0, 0.1) is 11.3 Å². The number of hydrogen-bond donors (Lipinski definition) is 0. The van der Waals surface area contributed by atoms with Gasteiger partial charge in [0.1, 0.15) is 13.0 Å². The summed E-state index contributed by atoms with van der Waals surface area (Å²) in [7, 11) is 0.965. The lowest BCUT2D eigenvalue weighted by molar-refractivity contribution is -0.141. The largest absolute Gasteiger partial charge is 0.461 e. The van der Waals surface area contributed by atoms with Gasteiger partial charge in [0, 0.05) is 10.2 Å². The van der Waals surface area contributed by atoms with Crippen LogP contribution in [0.25, 0.3) is 0 Å². The molecule has 0 aliphatic carbocycles. The van der Waals surface area contributed by atoms with Crippen LogP contribution >= 0.6 is 0 Å². The lowest BCUT2D eigenvalue weighted by Gasteiger charge is -1.94. The van der Waals surface area contributed by atoms with Crippen molar-refractivity contribution in [1.82, 2.24) is 0 Å². The number of ether oxygens (including phenoxy) is 1. The summed E-state index contributed by atoms with van der Waals surface area (Å²) in [5.74, 6) is -0.456. The second-order valence-electron chi connectivity index (χ2n) is 1.59. The Hall–Kier alpha value is -1.08. The second-order valence-corrected chi connectivity index (χ2v) is 2.25. The number of esters is 1. The molecule has 0 N–H and O–H groups in total. The van der Waals surface area contributed by atoms with Gasteiger partial charge in [-0.1, -0.05) is 6.08 Å². The van der Waals surface area contributed by atoms with Crippen LogP contribution in [0.5, 0.6) is 0 Å². The number of rotatable bonds is 3. The van der Waals surface area contributed by atoms with E-state index in [-0.39, 0.29) is 6.42 Å². The Labute approximate surface area is 62.7 Å². The van der Waals surface area contributed by atoms with Crippen molar-refractivity contribution in [3.05, 3.63) is 11.8 Å². The summed E-state index contributed by atoms with van der Waals surface area (Å²) in [6, 6.07) is 1.70. The molecule has 0 saturated carbocycles. The summed E-state index contributed by atoms with van der Waals surface area (Å²) in [4.78, 5) is 10.5. The number of nitrogens with zero attached hydrogens (tertiary/aromatic N) is 1. The Balaban J connectivity index is 3.33. The maximum atomic E-state index is 10.5. The molecule has 0 aromatic carbocycles. The van der Waals surface area contributed by atoms with Crippen LogP contribution in [0.1, 0.15) is 6.42 Å². The van der Waals surface area contributed by atoms with Gasteiger partial charge in [-0.15, -0.1) is 5.70 Å². The first kappa shape index (κ1) is 8.92. The molecule has 0 aliphatic heterocycles. The van der Waals surface area contributed by atoms with Gasteiger partial charge >= 0.3 is 5.97 Å². The van der Waals surface area contributed by atoms with Crippen molar-refractivity contribution in [2.24, 2.45) is 0 Å². The number of nitriles is 1. The van der Waals surface area contributed by atoms with Crippen molar-refractivity contribution >= 4 is 16.2 Å². The predicted octanol–water partition coefficient (Wildman–Crippen LogP) is -0.678. The molecule has 0 bridgehead atoms. The Morgan fingerprint density at radius 1 is 1.80 bits per heavy atom. The maximum absolute atomic E-state index is 10.5. The van der Waals surface area contributed by atoms with E-state index in [1.807, 2.05) is 5.70 Å². The van der Waals surface area contributed by atoms with Crippen LogP contribution < -0.4 is 0 Å². The zero-order valence-corrected chi connectivity index (χ0v) is 7.83. The lowest BCUT2D eigenvalue weighted by Crippen LogP contribution is -2.02. The van der Waals surface area contributed by atoms with Crippen LogP contribution in [0.3, 0.4) is 0 Å². The van der Waals surface area contributed by atoms with Gasteiger partial charge in [0.25, 0.3) is 0 Å². The van der Waals surface area contributed by atoms with Gasteiger partial charge in [0.05, 0.1) is 6.07 Å². The fraction of sp³-hybridized carbons (Fsp3) is 0.333. The minimum atomic E-state index is -0.456. The van der Waals surface area contributed by atoms with E-state index in [9.17, 15) is 4.79 Å². The van der Waals surface area contributed by atoms with Crippen LogP contribution in [-0.2, 0) is 9.53 Å². The summed E-state index contributed by atoms with van der Waals surface area (Å²) >= 11 is 0. The van der Waals surface area contributed by atoms with E-state index in [4.69, 9.17) is 5.26 Å². The summed E-state index contributed by atoms with van der Waals surface area (Å²) in [5.41, 5.74) is 1.92. The van der Waals surface area contributed by atoms with E-state index in [1.165, 1.54) is 0 Å². The van der Waals surface area contributed by atoms with Gasteiger partial charge in [-0.25, -0.2) is 0 Å². The van der Waals surface area contributed by atoms with Crippen LogP contribution in [-0.4, -0.2) is 22.8 Å². The quantitative estimate of drug-likeness (QED) is 0.401. The molecule has 0 aromatic heterocycles. The van der Waals surface area contributed by atoms with E-state index in [2.05, 4.69) is 4.74 Å². The van der Waals surface area contributed by atoms with Crippen molar-refractivity contribution in [1.29, 1.82) is 5.26 Å². The highest BCUT2D eigenvalue weighted by atomic mass is 28.1. The van der Waals surface area contributed by atoms with Crippen molar-refractivity contribution < 1.29 is 9.53 Å². The molecule has 10 heavy (non-hydrogen) atoms. The molecule has 0 aromatic rings. The van der Waals surface area contributed by atoms with E-state index < -0.39 is 5.97 Å². The highest BCUT2D eigenvalue weighted by Gasteiger charge is 1.96. The molecular formula is C6H9NO2Si. The molecular weight excluding hydrogens is 146 g/mol. The van der Waals surface area contributed by atoms with Gasteiger partial charge in [0.15, 0.2) is 0 Å². The topological polar surface area (TPSA) is 50.1 Å². The monoisotopic (exact) mass is 155 g/mol. The van der Waals surface area contributed by atoms with Gasteiger partial charge < -0.3 is 4.74 Å². The van der Waals surface area contributed by atoms with Crippen molar-refractivity contribution in [2.75, 3.05) is 6.61 Å². The molecule has 4 heteroatoms. The number of hydrogen-bond acceptors (Lipinski definition) is 3. The molecule has 0 unspecified atom stereocenters. The second kappa shape index (κ2) is 6.04. The Morgan fingerprint density at radius 2 is 2.50 bits per heavy atom. The normalized spacial score (nSPS) is 9.50. The molecule has 0 aliphatic rings. The highest BCUT2D eigenvalue weighted by Crippen LogP contribution is 1.83. The van der Waals surface area contributed by atoms with E-state index in [1.54, 1.807) is 12.1 Å². The van der Waals surface area contributed by atoms with Gasteiger partial charge in [-0.2, -0.15) is 5.26 Å². The fourth-order valence-electron chi connectivity index (χ4n) is 0.353. The zero-order valence-electron chi connectivity index (χ0n) is 5.83. The van der Waals surface area contributed by atoms with Gasteiger partial charge in [-0.05, 0) is 0 Å². The Bertz CT molecular complexity index is 171. The molecule has 0 atom stereocenters. The first-order valence-corrected chi connectivity index (χ1v) is 4.10. The van der Waals surface area contributed by atoms with Gasteiger partial charge in [0.2, 0.25) is 0 Å². The molecule has 0 radical (unpaired) electrons. The molecule has 0 fully saturated rings. The summed E-state index contributed by atoms with van der Waals surface area (Å²) in [6.07, 6.45) is 1.61. The fourth-order valence-corrected chi connectivity index (χ4v) is 0.545. The number of carbonyl (C=O) groups excluding carboxylic acids is 1. The van der Waals surface area contributed by atoms with E-state index in [0.717, 1.165) is 10.2 Å².